The third kappa shape index (κ3) is 4.46. The molecular weight excluding hydrogens is 262 g/mol. The second-order valence-corrected chi connectivity index (χ2v) is 5.45. The van der Waals surface area contributed by atoms with Gasteiger partial charge in [0.2, 0.25) is 0 Å². The van der Waals surface area contributed by atoms with Gasteiger partial charge in [-0.2, -0.15) is 0 Å². The van der Waals surface area contributed by atoms with Gasteiger partial charge in [-0.1, -0.05) is 0 Å². The first-order valence-electron chi connectivity index (χ1n) is 6.16. The zero-order chi connectivity index (χ0) is 15.5. The van der Waals surface area contributed by atoms with Crippen LogP contribution in [0.5, 0.6) is 5.75 Å². The number of aromatic carboxylic acids is 1. The number of rotatable bonds is 3. The Labute approximate surface area is 117 Å². The van der Waals surface area contributed by atoms with E-state index in [-0.39, 0.29) is 11.3 Å². The fraction of sp³-hybridized carbons (Fsp3) is 0.429. The van der Waals surface area contributed by atoms with Crippen molar-refractivity contribution in [1.29, 1.82) is 0 Å². The van der Waals surface area contributed by atoms with Crippen molar-refractivity contribution in [2.45, 2.75) is 39.3 Å². The van der Waals surface area contributed by atoms with E-state index in [1.54, 1.807) is 27.7 Å². The van der Waals surface area contributed by atoms with Gasteiger partial charge in [-0.15, -0.1) is 0 Å². The van der Waals surface area contributed by atoms with Gasteiger partial charge < -0.3 is 20.3 Å². The van der Waals surface area contributed by atoms with Crippen LogP contribution >= 0.6 is 0 Å². The number of nitrogens with one attached hydrogen (secondary N) is 1. The number of aromatic hydroxyl groups is 1. The molecule has 110 valence electrons. The quantitative estimate of drug-likeness (QED) is 0.791. The molecule has 0 fully saturated rings. The van der Waals surface area contributed by atoms with Crippen molar-refractivity contribution < 1.29 is 24.5 Å². The van der Waals surface area contributed by atoms with Crippen molar-refractivity contribution in [2.24, 2.45) is 0 Å². The number of carbonyl (C=O) groups excluding carboxylic acids is 1. The molecule has 0 saturated carbocycles. The minimum Gasteiger partial charge on any atom is -0.508 e. The van der Waals surface area contributed by atoms with Crippen molar-refractivity contribution in [3.63, 3.8) is 0 Å². The fourth-order valence-electron chi connectivity index (χ4n) is 1.60. The summed E-state index contributed by atoms with van der Waals surface area (Å²) >= 11 is 0. The van der Waals surface area contributed by atoms with Crippen LogP contribution in [0.4, 0.5) is 4.79 Å². The zero-order valence-electron chi connectivity index (χ0n) is 11.9. The Morgan fingerprint density at radius 1 is 1.30 bits per heavy atom. The number of hydrogen-bond donors (Lipinski definition) is 3. The largest absolute Gasteiger partial charge is 0.508 e. The second kappa shape index (κ2) is 5.81. The molecule has 20 heavy (non-hydrogen) atoms. The van der Waals surface area contributed by atoms with Gasteiger partial charge in [0.15, 0.2) is 0 Å². The molecule has 0 saturated heterocycles. The van der Waals surface area contributed by atoms with E-state index in [1.807, 2.05) is 0 Å². The maximum absolute atomic E-state index is 11.6. The summed E-state index contributed by atoms with van der Waals surface area (Å²) in [6, 6.07) is 3.32. The first-order chi connectivity index (χ1) is 9.10. The number of ether oxygens (including phenoxy) is 1. The van der Waals surface area contributed by atoms with Gasteiger partial charge in [-0.25, -0.2) is 9.59 Å². The number of phenolic OH excluding ortho intramolecular Hbond substituents is 1. The van der Waals surface area contributed by atoms with Gasteiger partial charge in [0.1, 0.15) is 11.4 Å². The third-order valence-corrected chi connectivity index (χ3v) is 2.47. The number of benzene rings is 1. The minimum atomic E-state index is -1.10. The van der Waals surface area contributed by atoms with E-state index in [0.717, 1.165) is 0 Å². The van der Waals surface area contributed by atoms with E-state index in [4.69, 9.17) is 9.84 Å². The first kappa shape index (κ1) is 15.8. The summed E-state index contributed by atoms with van der Waals surface area (Å²) < 4.78 is 5.10. The van der Waals surface area contributed by atoms with Crippen LogP contribution in [0, 0.1) is 0 Å². The summed E-state index contributed by atoms with van der Waals surface area (Å²) in [7, 11) is 0. The molecule has 6 nitrogen and oxygen atoms in total. The average molecular weight is 281 g/mol. The molecular formula is C14H19NO5. The van der Waals surface area contributed by atoms with Crippen LogP contribution in [0.2, 0.25) is 0 Å². The molecule has 0 bridgehead atoms. The molecule has 0 heterocycles. The highest BCUT2D eigenvalue weighted by molar-refractivity contribution is 5.88. The molecule has 0 radical (unpaired) electrons. The number of hydrogen-bond acceptors (Lipinski definition) is 4. The highest BCUT2D eigenvalue weighted by Crippen LogP contribution is 2.25. The summed E-state index contributed by atoms with van der Waals surface area (Å²) in [6.07, 6.45) is -0.634. The molecule has 0 aromatic heterocycles. The number of alkyl carbamates (subject to hydrolysis) is 1. The smallest absolute Gasteiger partial charge is 0.408 e. The molecule has 1 aromatic rings. The fourth-order valence-corrected chi connectivity index (χ4v) is 1.60. The maximum Gasteiger partial charge on any atom is 0.408 e. The topological polar surface area (TPSA) is 95.9 Å². The van der Waals surface area contributed by atoms with Crippen LogP contribution in [0.25, 0.3) is 0 Å². The summed E-state index contributed by atoms with van der Waals surface area (Å²) in [5, 5.41) is 21.2. The number of carboxylic acid groups (broad SMARTS) is 1. The van der Waals surface area contributed by atoms with Gasteiger partial charge in [-0.3, -0.25) is 0 Å². The lowest BCUT2D eigenvalue weighted by Crippen LogP contribution is -2.34. The molecule has 0 aliphatic rings. The van der Waals surface area contributed by atoms with Gasteiger partial charge in [0.25, 0.3) is 0 Å². The average Bonchev–Trinajstić information content (AvgIpc) is 2.26. The zero-order valence-corrected chi connectivity index (χ0v) is 11.9. The number of amides is 1. The van der Waals surface area contributed by atoms with Gasteiger partial charge in [0.05, 0.1) is 11.6 Å². The molecule has 0 aliphatic heterocycles. The summed E-state index contributed by atoms with van der Waals surface area (Å²) in [5.74, 6) is -1.19. The lowest BCUT2D eigenvalue weighted by molar-refractivity contribution is 0.0507. The molecule has 6 heteroatoms. The summed E-state index contributed by atoms with van der Waals surface area (Å²) in [6.45, 7) is 6.84. The van der Waals surface area contributed by atoms with Crippen LogP contribution in [-0.4, -0.2) is 27.9 Å². The number of phenols is 1. The molecule has 1 atom stereocenters. The molecule has 1 aromatic carbocycles. The van der Waals surface area contributed by atoms with E-state index in [9.17, 15) is 14.7 Å². The van der Waals surface area contributed by atoms with Gasteiger partial charge in [0, 0.05) is 5.56 Å². The second-order valence-electron chi connectivity index (χ2n) is 5.45. The van der Waals surface area contributed by atoms with E-state index in [1.165, 1.54) is 18.2 Å². The van der Waals surface area contributed by atoms with Crippen molar-refractivity contribution in [1.82, 2.24) is 5.32 Å². The Morgan fingerprint density at radius 3 is 2.40 bits per heavy atom. The highest BCUT2D eigenvalue weighted by Gasteiger charge is 2.20. The van der Waals surface area contributed by atoms with Crippen LogP contribution in [0.3, 0.4) is 0 Å². The molecule has 3 N–H and O–H groups in total. The highest BCUT2D eigenvalue weighted by atomic mass is 16.6. The Balaban J connectivity index is 2.87. The maximum atomic E-state index is 11.6. The number of carboxylic acids is 1. The predicted molar refractivity (Wildman–Crippen MR) is 72.9 cm³/mol. The van der Waals surface area contributed by atoms with Gasteiger partial charge >= 0.3 is 12.1 Å². The van der Waals surface area contributed by atoms with Crippen molar-refractivity contribution in [2.75, 3.05) is 0 Å². The Morgan fingerprint density at radius 2 is 1.90 bits per heavy atom. The van der Waals surface area contributed by atoms with Crippen LogP contribution < -0.4 is 5.32 Å². The monoisotopic (exact) mass is 281 g/mol. The van der Waals surface area contributed by atoms with E-state index < -0.39 is 23.7 Å². The van der Waals surface area contributed by atoms with Crippen molar-refractivity contribution in [3.05, 3.63) is 29.3 Å². The van der Waals surface area contributed by atoms with E-state index >= 15 is 0 Å². The summed E-state index contributed by atoms with van der Waals surface area (Å²) in [5.41, 5.74) is -0.277. The standard InChI is InChI=1S/C14H19NO5/c1-8(15-13(19)20-14(2,3)4)10-7-9(12(17)18)5-6-11(10)16/h5-8,16H,1-4H3,(H,15,19)(H,17,18). The molecule has 1 unspecified atom stereocenters. The predicted octanol–water partition coefficient (Wildman–Crippen LogP) is 2.68. The molecule has 1 rings (SSSR count). The third-order valence-electron chi connectivity index (χ3n) is 2.47. The van der Waals surface area contributed by atoms with Crippen LogP contribution in [0.1, 0.15) is 49.7 Å². The molecule has 0 aliphatic carbocycles. The number of carbonyl (C=O) groups is 2. The molecule has 1 amide bonds. The van der Waals surface area contributed by atoms with E-state index in [2.05, 4.69) is 5.32 Å². The minimum absolute atomic E-state index is 0.0376. The Hall–Kier alpha value is -2.24. The van der Waals surface area contributed by atoms with Gasteiger partial charge in [-0.05, 0) is 45.9 Å². The first-order valence-corrected chi connectivity index (χ1v) is 6.16. The lowest BCUT2D eigenvalue weighted by atomic mass is 10.0. The molecule has 0 spiro atoms. The Kier molecular flexibility index (Phi) is 4.60. The van der Waals surface area contributed by atoms with E-state index in [0.29, 0.717) is 5.56 Å². The van der Waals surface area contributed by atoms with Crippen molar-refractivity contribution >= 4 is 12.1 Å². The van der Waals surface area contributed by atoms with Crippen molar-refractivity contribution in [3.8, 4) is 5.75 Å². The van der Waals surface area contributed by atoms with Crippen LogP contribution in [0.15, 0.2) is 18.2 Å². The lowest BCUT2D eigenvalue weighted by Gasteiger charge is -2.22. The SMILES string of the molecule is CC(NC(=O)OC(C)(C)C)c1cc(C(=O)O)ccc1O. The summed E-state index contributed by atoms with van der Waals surface area (Å²) in [4.78, 5) is 22.5. The Bertz CT molecular complexity index is 519. The van der Waals surface area contributed by atoms with Crippen LogP contribution in [-0.2, 0) is 4.74 Å². The normalized spacial score (nSPS) is 12.6.